The van der Waals surface area contributed by atoms with Crippen molar-refractivity contribution in [2.45, 2.75) is 77.7 Å². The van der Waals surface area contributed by atoms with Crippen LogP contribution in [0.15, 0.2) is 24.3 Å². The predicted octanol–water partition coefficient (Wildman–Crippen LogP) is 4.64. The highest BCUT2D eigenvalue weighted by atomic mass is 16.4. The maximum atomic E-state index is 11.8. The Labute approximate surface area is 162 Å². The van der Waals surface area contributed by atoms with Crippen LogP contribution >= 0.6 is 0 Å². The van der Waals surface area contributed by atoms with E-state index in [0.29, 0.717) is 12.7 Å². The third-order valence-electron chi connectivity index (χ3n) is 4.24. The normalized spacial score (nSPS) is 12.4. The number of carboxylic acid groups (broad SMARTS) is 1. The molecule has 0 amide bonds. The lowest BCUT2D eigenvalue weighted by molar-refractivity contribution is -0.139. The van der Waals surface area contributed by atoms with Gasteiger partial charge in [-0.2, -0.15) is 0 Å². The monoisotopic (exact) mass is 375 g/mol. The highest BCUT2D eigenvalue weighted by Crippen LogP contribution is 2.18. The molecular formula is C22H33NO4. The second kappa shape index (κ2) is 11.5. The number of carbonyl (C=O) groups excluding carboxylic acids is 2. The number of nitrogens with one attached hydrogen (secondary N) is 1. The quantitative estimate of drug-likeness (QED) is 0.388. The van der Waals surface area contributed by atoms with Crippen LogP contribution in [-0.4, -0.2) is 28.7 Å². The molecule has 0 radical (unpaired) electrons. The highest BCUT2D eigenvalue weighted by molar-refractivity contribution is 5.82. The van der Waals surface area contributed by atoms with Crippen molar-refractivity contribution in [3.63, 3.8) is 0 Å². The molecule has 0 bridgehead atoms. The Kier molecular flexibility index (Phi) is 9.76. The van der Waals surface area contributed by atoms with E-state index in [-0.39, 0.29) is 24.2 Å². The first-order valence-electron chi connectivity index (χ1n) is 9.75. The minimum absolute atomic E-state index is 0.0192. The lowest BCUT2D eigenvalue weighted by atomic mass is 9.97. The number of Topliss-reactive ketones (excluding diaryl/α,β-unsaturated/α-hetero) is 1. The Hall–Kier alpha value is -2.17. The number of anilines is 1. The predicted molar refractivity (Wildman–Crippen MR) is 108 cm³/mol. The zero-order valence-corrected chi connectivity index (χ0v) is 16.8. The van der Waals surface area contributed by atoms with Gasteiger partial charge in [0.25, 0.3) is 0 Å². The molecule has 27 heavy (non-hydrogen) atoms. The van der Waals surface area contributed by atoms with Crippen LogP contribution in [0.25, 0.3) is 0 Å². The van der Waals surface area contributed by atoms with Crippen molar-refractivity contribution in [2.24, 2.45) is 5.92 Å². The molecule has 0 saturated heterocycles. The molecule has 0 fully saturated rings. The van der Waals surface area contributed by atoms with Gasteiger partial charge in [0.1, 0.15) is 12.1 Å². The lowest BCUT2D eigenvalue weighted by Gasteiger charge is -2.22. The van der Waals surface area contributed by atoms with E-state index in [2.05, 4.69) is 50.4 Å². The van der Waals surface area contributed by atoms with E-state index in [1.807, 2.05) is 0 Å². The molecule has 1 rings (SSSR count). The van der Waals surface area contributed by atoms with Gasteiger partial charge in [-0.3, -0.25) is 9.59 Å². The van der Waals surface area contributed by atoms with Gasteiger partial charge >= 0.3 is 5.97 Å². The Morgan fingerprint density at radius 1 is 1.11 bits per heavy atom. The molecule has 0 aromatic heterocycles. The summed E-state index contributed by atoms with van der Waals surface area (Å²) in [5.74, 6) is -1.75. The van der Waals surface area contributed by atoms with Crippen LogP contribution in [0.5, 0.6) is 0 Å². The van der Waals surface area contributed by atoms with Crippen molar-refractivity contribution >= 4 is 23.7 Å². The second-order valence-electron chi connectivity index (χ2n) is 8.23. The van der Waals surface area contributed by atoms with Crippen LogP contribution in [0.2, 0.25) is 0 Å². The van der Waals surface area contributed by atoms with Crippen LogP contribution in [0.1, 0.15) is 71.3 Å². The van der Waals surface area contributed by atoms with E-state index < -0.39 is 11.9 Å². The van der Waals surface area contributed by atoms with Gasteiger partial charge < -0.3 is 15.2 Å². The molecule has 150 valence electrons. The maximum Gasteiger partial charge on any atom is 0.304 e. The zero-order chi connectivity index (χ0) is 20.3. The molecule has 0 spiro atoms. The molecule has 2 N–H and O–H groups in total. The van der Waals surface area contributed by atoms with Crippen molar-refractivity contribution in [3.05, 3.63) is 29.8 Å². The largest absolute Gasteiger partial charge is 0.481 e. The molecule has 1 atom stereocenters. The first kappa shape index (κ1) is 22.9. The molecule has 1 aromatic carbocycles. The first-order valence-corrected chi connectivity index (χ1v) is 9.75. The van der Waals surface area contributed by atoms with E-state index in [4.69, 9.17) is 5.11 Å². The minimum atomic E-state index is -1.04. The summed E-state index contributed by atoms with van der Waals surface area (Å²) in [7, 11) is 0. The standard InChI is InChI=1S/C22H33NO4/c1-22(2,3)23-19-11-8-10-17(13-19)9-6-4-5-7-12-20(25)14-18(16-24)15-21(26)27/h8,10-11,13,16,18,23H,4-7,9,12,14-15H2,1-3H3,(H,26,27). The zero-order valence-electron chi connectivity index (χ0n) is 16.8. The summed E-state index contributed by atoms with van der Waals surface area (Å²) in [6.07, 6.45) is 5.68. The smallest absolute Gasteiger partial charge is 0.304 e. The van der Waals surface area contributed by atoms with Gasteiger partial charge in [-0.15, -0.1) is 0 Å². The van der Waals surface area contributed by atoms with Crippen LogP contribution in [0.3, 0.4) is 0 Å². The van der Waals surface area contributed by atoms with Crippen LogP contribution in [0, 0.1) is 5.92 Å². The van der Waals surface area contributed by atoms with Gasteiger partial charge in [0.15, 0.2) is 0 Å². The molecule has 0 heterocycles. The van der Waals surface area contributed by atoms with E-state index in [1.165, 1.54) is 5.56 Å². The van der Waals surface area contributed by atoms with E-state index in [0.717, 1.165) is 37.8 Å². The number of rotatable bonds is 13. The van der Waals surface area contributed by atoms with E-state index in [1.54, 1.807) is 0 Å². The summed E-state index contributed by atoms with van der Waals surface area (Å²) in [6.45, 7) is 6.42. The Balaban J connectivity index is 2.22. The summed E-state index contributed by atoms with van der Waals surface area (Å²) in [5.41, 5.74) is 2.48. The van der Waals surface area contributed by atoms with Crippen molar-refractivity contribution < 1.29 is 19.5 Å². The van der Waals surface area contributed by atoms with Gasteiger partial charge in [-0.25, -0.2) is 0 Å². The molecule has 0 saturated carbocycles. The molecule has 1 aromatic rings. The number of hydrogen-bond donors (Lipinski definition) is 2. The number of carboxylic acids is 1. The Morgan fingerprint density at radius 3 is 2.44 bits per heavy atom. The van der Waals surface area contributed by atoms with Gasteiger partial charge in [0.2, 0.25) is 0 Å². The lowest BCUT2D eigenvalue weighted by Crippen LogP contribution is -2.25. The summed E-state index contributed by atoms with van der Waals surface area (Å²) in [4.78, 5) is 33.3. The van der Waals surface area contributed by atoms with Gasteiger partial charge in [-0.05, 0) is 57.7 Å². The van der Waals surface area contributed by atoms with Crippen molar-refractivity contribution in [1.82, 2.24) is 0 Å². The molecule has 0 aliphatic carbocycles. The maximum absolute atomic E-state index is 11.8. The van der Waals surface area contributed by atoms with E-state index >= 15 is 0 Å². The molecule has 0 aliphatic heterocycles. The highest BCUT2D eigenvalue weighted by Gasteiger charge is 2.16. The van der Waals surface area contributed by atoms with E-state index in [9.17, 15) is 14.4 Å². The van der Waals surface area contributed by atoms with Crippen LogP contribution in [0.4, 0.5) is 5.69 Å². The van der Waals surface area contributed by atoms with Gasteiger partial charge in [0, 0.05) is 30.0 Å². The average molecular weight is 376 g/mol. The van der Waals surface area contributed by atoms with Crippen LogP contribution < -0.4 is 5.32 Å². The molecule has 0 aliphatic rings. The fourth-order valence-corrected chi connectivity index (χ4v) is 3.03. The minimum Gasteiger partial charge on any atom is -0.481 e. The topological polar surface area (TPSA) is 83.5 Å². The number of carbonyl (C=O) groups is 3. The first-order chi connectivity index (χ1) is 12.7. The second-order valence-corrected chi connectivity index (χ2v) is 8.23. The Bertz CT molecular complexity index is 619. The number of unbranched alkanes of at least 4 members (excludes halogenated alkanes) is 3. The van der Waals surface area contributed by atoms with Crippen molar-refractivity contribution in [1.29, 1.82) is 0 Å². The molecule has 5 nitrogen and oxygen atoms in total. The summed E-state index contributed by atoms with van der Waals surface area (Å²) < 4.78 is 0. The van der Waals surface area contributed by atoms with Crippen molar-refractivity contribution in [2.75, 3.05) is 5.32 Å². The van der Waals surface area contributed by atoms with Crippen molar-refractivity contribution in [3.8, 4) is 0 Å². The average Bonchev–Trinajstić information content (AvgIpc) is 2.55. The molecular weight excluding hydrogens is 342 g/mol. The number of aryl methyl sites for hydroxylation is 1. The number of aliphatic carboxylic acids is 1. The molecule has 1 unspecified atom stereocenters. The summed E-state index contributed by atoms with van der Waals surface area (Å²) >= 11 is 0. The van der Waals surface area contributed by atoms with Gasteiger partial charge in [0.05, 0.1) is 6.42 Å². The van der Waals surface area contributed by atoms with Gasteiger partial charge in [-0.1, -0.05) is 25.0 Å². The van der Waals surface area contributed by atoms with Crippen LogP contribution in [-0.2, 0) is 20.8 Å². The fourth-order valence-electron chi connectivity index (χ4n) is 3.03. The SMILES string of the molecule is CC(C)(C)Nc1cccc(CCCCCCC(=O)CC(C=O)CC(=O)O)c1. The Morgan fingerprint density at radius 2 is 1.81 bits per heavy atom. The number of ketones is 1. The third-order valence-corrected chi connectivity index (χ3v) is 4.24. The molecule has 5 heteroatoms. The summed E-state index contributed by atoms with van der Waals surface area (Å²) in [6, 6.07) is 8.48. The summed E-state index contributed by atoms with van der Waals surface area (Å²) in [5, 5.41) is 12.2. The fraction of sp³-hybridized carbons (Fsp3) is 0.591. The number of aldehydes is 1. The third kappa shape index (κ3) is 11.2. The number of benzene rings is 1. The number of hydrogen-bond acceptors (Lipinski definition) is 4.